The van der Waals surface area contributed by atoms with Crippen LogP contribution in [0.5, 0.6) is 5.75 Å². The summed E-state index contributed by atoms with van der Waals surface area (Å²) in [4.78, 5) is 35.9. The van der Waals surface area contributed by atoms with Gasteiger partial charge < -0.3 is 24.7 Å². The Labute approximate surface area is 223 Å². The number of fused-ring (bicyclic) bond motifs is 1. The zero-order chi connectivity index (χ0) is 26.2. The van der Waals surface area contributed by atoms with Gasteiger partial charge in [0.2, 0.25) is 5.91 Å². The Kier molecular flexibility index (Phi) is 6.59. The van der Waals surface area contributed by atoms with Gasteiger partial charge in [0.25, 0.3) is 5.56 Å². The average Bonchev–Trinajstić information content (AvgIpc) is 3.68. The second kappa shape index (κ2) is 10.2. The minimum Gasteiger partial charge on any atom is -0.494 e. The highest BCUT2D eigenvalue weighted by atomic mass is 32.1. The highest BCUT2D eigenvalue weighted by Crippen LogP contribution is 2.42. The molecule has 3 aromatic heterocycles. The number of hydrogen-bond acceptors (Lipinski definition) is 8. The predicted octanol–water partition coefficient (Wildman–Crippen LogP) is 5.05. The lowest BCUT2D eigenvalue weighted by molar-refractivity contribution is -0.117. The molecule has 196 valence electrons. The van der Waals surface area contributed by atoms with Crippen LogP contribution in [0.4, 0.5) is 17.2 Å². The Morgan fingerprint density at radius 3 is 2.74 bits per heavy atom. The fourth-order valence-electron chi connectivity index (χ4n) is 4.81. The maximum absolute atomic E-state index is 13.1. The fourth-order valence-corrected chi connectivity index (χ4v) is 5.92. The zero-order valence-corrected chi connectivity index (χ0v) is 22.1. The molecule has 1 aliphatic heterocycles. The van der Waals surface area contributed by atoms with Crippen LogP contribution in [0.1, 0.15) is 36.6 Å². The van der Waals surface area contributed by atoms with Crippen molar-refractivity contribution in [2.45, 2.75) is 31.6 Å². The third-order valence-electron chi connectivity index (χ3n) is 7.09. The molecule has 10 heteroatoms. The molecule has 1 aliphatic carbocycles. The number of thiazole rings is 1. The predicted molar refractivity (Wildman–Crippen MR) is 149 cm³/mol. The summed E-state index contributed by atoms with van der Waals surface area (Å²) in [7, 11) is 3.34. The Morgan fingerprint density at radius 2 is 1.97 bits per heavy atom. The first-order valence-electron chi connectivity index (χ1n) is 12.8. The van der Waals surface area contributed by atoms with Crippen LogP contribution >= 0.6 is 11.3 Å². The summed E-state index contributed by atoms with van der Waals surface area (Å²) in [5.41, 5.74) is 2.48. The van der Waals surface area contributed by atoms with Crippen LogP contribution in [-0.2, 0) is 16.6 Å². The molecule has 2 fully saturated rings. The maximum atomic E-state index is 13.1. The van der Waals surface area contributed by atoms with Crippen LogP contribution in [0.15, 0.2) is 47.5 Å². The van der Waals surface area contributed by atoms with Crippen LogP contribution < -0.4 is 20.9 Å². The Balaban J connectivity index is 1.39. The monoisotopic (exact) mass is 531 g/mol. The highest BCUT2D eigenvalue weighted by Gasteiger charge is 2.30. The number of amides is 1. The highest BCUT2D eigenvalue weighted by molar-refractivity contribution is 7.15. The summed E-state index contributed by atoms with van der Waals surface area (Å²) < 4.78 is 12.9. The van der Waals surface area contributed by atoms with Crippen molar-refractivity contribution in [3.05, 3.63) is 58.1 Å². The van der Waals surface area contributed by atoms with Crippen molar-refractivity contribution in [1.29, 1.82) is 0 Å². The topological polar surface area (TPSA) is 107 Å². The van der Waals surface area contributed by atoms with E-state index in [1.807, 2.05) is 24.4 Å². The first-order chi connectivity index (χ1) is 18.5. The second-order valence-electron chi connectivity index (χ2n) is 9.77. The number of aromatic nitrogens is 3. The van der Waals surface area contributed by atoms with Crippen molar-refractivity contribution >= 4 is 45.3 Å². The van der Waals surface area contributed by atoms with Crippen molar-refractivity contribution < 1.29 is 14.3 Å². The van der Waals surface area contributed by atoms with Gasteiger partial charge in [-0.15, -0.1) is 11.3 Å². The molecular weight excluding hydrogens is 502 g/mol. The first kappa shape index (κ1) is 24.6. The van der Waals surface area contributed by atoms with E-state index in [0.29, 0.717) is 39.8 Å². The smallest absolute Gasteiger partial charge is 0.261 e. The number of nitrogens with one attached hydrogen (secondary N) is 2. The number of anilines is 3. The number of carbonyl (C=O) groups excluding carboxylic acids is 1. The van der Waals surface area contributed by atoms with Crippen LogP contribution in [0, 0.1) is 5.92 Å². The number of pyridine rings is 2. The third kappa shape index (κ3) is 4.77. The van der Waals surface area contributed by atoms with Gasteiger partial charge in [-0.2, -0.15) is 0 Å². The number of hydrogen-bond donors (Lipinski definition) is 2. The molecule has 1 amide bonds. The molecule has 1 aromatic carbocycles. The Hall–Kier alpha value is -3.76. The standard InChI is InChI=1S/C28H29N5O4S/c1-33-11-8-19-24(28(33)35)21(14-23(31-19)32-26(34)16-6-7-16)30-20-5-3-4-18(25(20)36-2)22-15-29-27(38-22)17-9-12-37-13-10-17/h3-5,8,11,14-17H,6-7,9-10,12-13H2,1-2H3,(H2,30,31,32,34). The van der Waals surface area contributed by atoms with Gasteiger partial charge in [0.05, 0.1) is 39.3 Å². The minimum atomic E-state index is -0.184. The van der Waals surface area contributed by atoms with Crippen molar-refractivity contribution in [1.82, 2.24) is 14.5 Å². The van der Waals surface area contributed by atoms with Crippen LogP contribution in [0.3, 0.4) is 0 Å². The van der Waals surface area contributed by atoms with E-state index in [-0.39, 0.29) is 17.4 Å². The summed E-state index contributed by atoms with van der Waals surface area (Å²) in [5, 5.41) is 7.87. The summed E-state index contributed by atoms with van der Waals surface area (Å²) in [6.45, 7) is 1.54. The lowest BCUT2D eigenvalue weighted by Gasteiger charge is -2.19. The fraction of sp³-hybridized carbons (Fsp3) is 0.357. The van der Waals surface area contributed by atoms with Crippen LogP contribution in [0.25, 0.3) is 21.3 Å². The van der Waals surface area contributed by atoms with Crippen LogP contribution in [-0.4, -0.2) is 40.8 Å². The number of nitrogens with zero attached hydrogens (tertiary/aromatic N) is 3. The first-order valence-corrected chi connectivity index (χ1v) is 13.6. The number of carbonyl (C=O) groups is 1. The summed E-state index contributed by atoms with van der Waals surface area (Å²) in [6, 6.07) is 9.36. The van der Waals surface area contributed by atoms with E-state index in [4.69, 9.17) is 14.5 Å². The number of benzene rings is 1. The number of aryl methyl sites for hydroxylation is 1. The number of methoxy groups -OCH3 is 1. The quantitative estimate of drug-likeness (QED) is 0.344. The molecule has 1 saturated carbocycles. The van der Waals surface area contributed by atoms with Gasteiger partial charge >= 0.3 is 0 Å². The van der Waals surface area contributed by atoms with Gasteiger partial charge in [0.15, 0.2) is 5.75 Å². The van der Waals surface area contributed by atoms with Gasteiger partial charge in [-0.05, 0) is 43.9 Å². The van der Waals surface area contributed by atoms with Crippen molar-refractivity contribution in [3.8, 4) is 16.2 Å². The van der Waals surface area contributed by atoms with E-state index < -0.39 is 0 Å². The van der Waals surface area contributed by atoms with Gasteiger partial charge in [-0.25, -0.2) is 9.97 Å². The molecule has 1 saturated heterocycles. The molecule has 9 nitrogen and oxygen atoms in total. The largest absolute Gasteiger partial charge is 0.494 e. The van der Waals surface area contributed by atoms with E-state index >= 15 is 0 Å². The van der Waals surface area contributed by atoms with E-state index in [1.165, 1.54) is 4.57 Å². The van der Waals surface area contributed by atoms with Gasteiger partial charge in [-0.3, -0.25) is 9.59 Å². The average molecular weight is 532 g/mol. The zero-order valence-electron chi connectivity index (χ0n) is 21.3. The summed E-state index contributed by atoms with van der Waals surface area (Å²) >= 11 is 1.68. The molecule has 0 spiro atoms. The Bertz CT molecular complexity index is 1570. The third-order valence-corrected chi connectivity index (χ3v) is 8.28. The molecule has 38 heavy (non-hydrogen) atoms. The molecule has 4 heterocycles. The van der Waals surface area contributed by atoms with Gasteiger partial charge in [-0.1, -0.05) is 6.07 Å². The molecule has 4 aromatic rings. The number of para-hydroxylation sites is 1. The molecule has 0 atom stereocenters. The van der Waals surface area contributed by atoms with Gasteiger partial charge in [0.1, 0.15) is 5.82 Å². The van der Waals surface area contributed by atoms with Crippen molar-refractivity contribution in [3.63, 3.8) is 0 Å². The van der Waals surface area contributed by atoms with Gasteiger partial charge in [0, 0.05) is 56.1 Å². The molecule has 2 aliphatic rings. The van der Waals surface area contributed by atoms with Crippen molar-refractivity contribution in [2.75, 3.05) is 31.0 Å². The summed E-state index contributed by atoms with van der Waals surface area (Å²) in [6.07, 6.45) is 7.33. The number of ether oxygens (including phenoxy) is 2. The maximum Gasteiger partial charge on any atom is 0.261 e. The van der Waals surface area contributed by atoms with Crippen molar-refractivity contribution in [2.24, 2.45) is 13.0 Å². The molecular formula is C28H29N5O4S. The molecule has 6 rings (SSSR count). The SMILES string of the molecule is COc1c(Nc2cc(NC(=O)C3CC3)nc3ccn(C)c(=O)c23)cccc1-c1cnc(C2CCOCC2)s1. The van der Waals surface area contributed by atoms with E-state index in [9.17, 15) is 9.59 Å². The second-order valence-corrected chi connectivity index (χ2v) is 10.8. The lowest BCUT2D eigenvalue weighted by Crippen LogP contribution is -2.19. The molecule has 0 unspecified atom stereocenters. The minimum absolute atomic E-state index is 0.0368. The van der Waals surface area contributed by atoms with E-state index in [1.54, 1.807) is 43.8 Å². The normalized spacial score (nSPS) is 15.9. The van der Waals surface area contributed by atoms with E-state index in [2.05, 4.69) is 15.6 Å². The lowest BCUT2D eigenvalue weighted by atomic mass is 10.0. The molecule has 0 radical (unpaired) electrons. The summed E-state index contributed by atoms with van der Waals surface area (Å²) in [5.74, 6) is 1.46. The van der Waals surface area contributed by atoms with Crippen LogP contribution in [0.2, 0.25) is 0 Å². The van der Waals surface area contributed by atoms with E-state index in [0.717, 1.165) is 54.3 Å². The Morgan fingerprint density at radius 1 is 1.16 bits per heavy atom. The number of rotatable bonds is 7. The molecule has 0 bridgehead atoms. The molecule has 2 N–H and O–H groups in total.